The molecule has 4 nitrogen and oxygen atoms in total. The molecule has 2 N–H and O–H groups in total. The first-order chi connectivity index (χ1) is 7.68. The first-order valence-corrected chi connectivity index (χ1v) is 5.87. The van der Waals surface area contributed by atoms with Crippen molar-refractivity contribution in [3.05, 3.63) is 11.6 Å². The molecular weight excluding hydrogens is 206 g/mol. The van der Waals surface area contributed by atoms with Gasteiger partial charge in [0, 0.05) is 6.54 Å². The van der Waals surface area contributed by atoms with E-state index in [1.54, 1.807) is 0 Å². The third kappa shape index (κ3) is 2.62. The second-order valence-electron chi connectivity index (χ2n) is 4.58. The van der Waals surface area contributed by atoms with Gasteiger partial charge in [-0.3, -0.25) is 9.59 Å². The molecule has 1 saturated carbocycles. The summed E-state index contributed by atoms with van der Waals surface area (Å²) >= 11 is 0. The molecule has 1 fully saturated rings. The number of rotatable bonds is 5. The summed E-state index contributed by atoms with van der Waals surface area (Å²) in [6.45, 7) is 0.646. The van der Waals surface area contributed by atoms with E-state index in [2.05, 4.69) is 11.4 Å². The Hall–Kier alpha value is -1.32. The zero-order valence-corrected chi connectivity index (χ0v) is 9.24. The average molecular weight is 223 g/mol. The van der Waals surface area contributed by atoms with Crippen LogP contribution in [0.4, 0.5) is 0 Å². The van der Waals surface area contributed by atoms with Gasteiger partial charge in [-0.05, 0) is 32.1 Å². The van der Waals surface area contributed by atoms with Gasteiger partial charge < -0.3 is 10.4 Å². The number of amides is 1. The molecule has 0 saturated heterocycles. The van der Waals surface area contributed by atoms with Gasteiger partial charge in [-0.25, -0.2) is 0 Å². The van der Waals surface area contributed by atoms with E-state index < -0.39 is 11.9 Å². The minimum absolute atomic E-state index is 0.0917. The van der Waals surface area contributed by atoms with Crippen molar-refractivity contribution < 1.29 is 14.7 Å². The van der Waals surface area contributed by atoms with Crippen LogP contribution in [0.3, 0.4) is 0 Å². The minimum atomic E-state index is -0.848. The molecule has 2 atom stereocenters. The van der Waals surface area contributed by atoms with Gasteiger partial charge in [0.1, 0.15) is 0 Å². The molecule has 0 radical (unpaired) electrons. The number of aliphatic carboxylic acids is 1. The Morgan fingerprint density at radius 1 is 1.44 bits per heavy atom. The molecule has 0 aromatic carbocycles. The molecule has 0 unspecified atom stereocenters. The lowest BCUT2D eigenvalue weighted by Gasteiger charge is -2.04. The molecule has 2 aliphatic carbocycles. The first kappa shape index (κ1) is 11.2. The standard InChI is InChI=1S/C12H17NO3/c14-11(9-7-10(9)12(15)16)13-6-5-8-3-1-2-4-8/h3,9-10H,1-2,4-7H2,(H,13,14)(H,15,16)/t9-,10+/m1/s1. The largest absolute Gasteiger partial charge is 0.481 e. The first-order valence-electron chi connectivity index (χ1n) is 5.87. The van der Waals surface area contributed by atoms with E-state index in [0.717, 1.165) is 19.3 Å². The van der Waals surface area contributed by atoms with E-state index in [1.807, 2.05) is 0 Å². The van der Waals surface area contributed by atoms with Crippen LogP contribution in [0.25, 0.3) is 0 Å². The molecule has 2 aliphatic rings. The number of carbonyl (C=O) groups is 2. The number of allylic oxidation sites excluding steroid dienone is 1. The van der Waals surface area contributed by atoms with Crippen LogP contribution in [-0.4, -0.2) is 23.5 Å². The van der Waals surface area contributed by atoms with E-state index >= 15 is 0 Å². The summed E-state index contributed by atoms with van der Waals surface area (Å²) in [5, 5.41) is 11.5. The topological polar surface area (TPSA) is 66.4 Å². The van der Waals surface area contributed by atoms with Gasteiger partial charge in [0.05, 0.1) is 11.8 Å². The van der Waals surface area contributed by atoms with Gasteiger partial charge in [-0.1, -0.05) is 11.6 Å². The predicted molar refractivity (Wildman–Crippen MR) is 58.8 cm³/mol. The Balaban J connectivity index is 1.63. The second kappa shape index (κ2) is 4.68. The van der Waals surface area contributed by atoms with Crippen LogP contribution in [0.5, 0.6) is 0 Å². The summed E-state index contributed by atoms with van der Waals surface area (Å²) in [7, 11) is 0. The van der Waals surface area contributed by atoms with E-state index in [-0.39, 0.29) is 11.8 Å². The molecule has 0 spiro atoms. The fourth-order valence-electron chi connectivity index (χ4n) is 2.20. The van der Waals surface area contributed by atoms with Crippen molar-refractivity contribution in [2.24, 2.45) is 11.8 Å². The highest BCUT2D eigenvalue weighted by Gasteiger charge is 2.48. The Morgan fingerprint density at radius 3 is 2.81 bits per heavy atom. The second-order valence-corrected chi connectivity index (χ2v) is 4.58. The predicted octanol–water partition coefficient (Wildman–Crippen LogP) is 1.32. The molecule has 0 bridgehead atoms. The van der Waals surface area contributed by atoms with Gasteiger partial charge >= 0.3 is 5.97 Å². The monoisotopic (exact) mass is 223 g/mol. The normalized spacial score (nSPS) is 27.4. The van der Waals surface area contributed by atoms with E-state index in [0.29, 0.717) is 13.0 Å². The highest BCUT2D eigenvalue weighted by atomic mass is 16.4. The summed E-state index contributed by atoms with van der Waals surface area (Å²) in [4.78, 5) is 22.1. The minimum Gasteiger partial charge on any atom is -0.481 e. The van der Waals surface area contributed by atoms with Crippen molar-refractivity contribution in [1.29, 1.82) is 0 Å². The Morgan fingerprint density at radius 2 is 2.25 bits per heavy atom. The third-order valence-electron chi connectivity index (χ3n) is 3.32. The van der Waals surface area contributed by atoms with Crippen LogP contribution in [0.1, 0.15) is 32.1 Å². The van der Waals surface area contributed by atoms with Crippen molar-refractivity contribution in [2.45, 2.75) is 32.1 Å². The molecule has 16 heavy (non-hydrogen) atoms. The lowest BCUT2D eigenvalue weighted by atomic mass is 10.1. The van der Waals surface area contributed by atoms with Crippen LogP contribution < -0.4 is 5.32 Å². The van der Waals surface area contributed by atoms with Crippen LogP contribution in [0, 0.1) is 11.8 Å². The SMILES string of the molecule is O=C(O)[C@H]1C[C@H]1C(=O)NCCC1=CCCC1. The maximum absolute atomic E-state index is 11.5. The summed E-state index contributed by atoms with van der Waals surface area (Å²) < 4.78 is 0. The molecule has 0 heterocycles. The highest BCUT2D eigenvalue weighted by Crippen LogP contribution is 2.38. The zero-order chi connectivity index (χ0) is 11.5. The Kier molecular flexibility index (Phi) is 3.27. The average Bonchev–Trinajstić information content (AvgIpc) is 2.90. The molecule has 0 aromatic heterocycles. The van der Waals surface area contributed by atoms with Gasteiger partial charge in [-0.15, -0.1) is 0 Å². The van der Waals surface area contributed by atoms with Crippen LogP contribution in [-0.2, 0) is 9.59 Å². The number of nitrogens with one attached hydrogen (secondary N) is 1. The molecule has 0 aliphatic heterocycles. The molecule has 88 valence electrons. The van der Waals surface area contributed by atoms with Crippen molar-refractivity contribution in [2.75, 3.05) is 6.54 Å². The number of carbonyl (C=O) groups excluding carboxylic acids is 1. The number of carboxylic acid groups (broad SMARTS) is 1. The summed E-state index contributed by atoms with van der Waals surface area (Å²) in [6.07, 6.45) is 7.19. The van der Waals surface area contributed by atoms with E-state index in [1.165, 1.54) is 12.0 Å². The Bertz CT molecular complexity index is 335. The molecule has 0 aromatic rings. The summed E-state index contributed by atoms with van der Waals surface area (Å²) in [5.74, 6) is -1.66. The van der Waals surface area contributed by atoms with E-state index in [9.17, 15) is 9.59 Å². The van der Waals surface area contributed by atoms with Crippen LogP contribution in [0.2, 0.25) is 0 Å². The number of hydrogen-bond acceptors (Lipinski definition) is 2. The molecule has 2 rings (SSSR count). The number of carboxylic acids is 1. The van der Waals surface area contributed by atoms with Gasteiger partial charge in [0.2, 0.25) is 5.91 Å². The van der Waals surface area contributed by atoms with Crippen LogP contribution in [0.15, 0.2) is 11.6 Å². The smallest absolute Gasteiger partial charge is 0.307 e. The Labute approximate surface area is 94.7 Å². The fourth-order valence-corrected chi connectivity index (χ4v) is 2.20. The van der Waals surface area contributed by atoms with Gasteiger partial charge in [-0.2, -0.15) is 0 Å². The molecular formula is C12H17NO3. The molecule has 4 heteroatoms. The maximum Gasteiger partial charge on any atom is 0.307 e. The van der Waals surface area contributed by atoms with Crippen molar-refractivity contribution in [3.63, 3.8) is 0 Å². The highest BCUT2D eigenvalue weighted by molar-refractivity contribution is 5.89. The van der Waals surface area contributed by atoms with Gasteiger partial charge in [0.15, 0.2) is 0 Å². The van der Waals surface area contributed by atoms with E-state index in [4.69, 9.17) is 5.11 Å². The lowest BCUT2D eigenvalue weighted by molar-refractivity contribution is -0.140. The lowest BCUT2D eigenvalue weighted by Crippen LogP contribution is -2.27. The zero-order valence-electron chi connectivity index (χ0n) is 9.24. The molecule has 1 amide bonds. The van der Waals surface area contributed by atoms with Crippen molar-refractivity contribution >= 4 is 11.9 Å². The van der Waals surface area contributed by atoms with Crippen molar-refractivity contribution in [3.8, 4) is 0 Å². The van der Waals surface area contributed by atoms with Crippen LogP contribution >= 0.6 is 0 Å². The quantitative estimate of drug-likeness (QED) is 0.691. The summed E-state index contributed by atoms with van der Waals surface area (Å²) in [6, 6.07) is 0. The number of hydrogen-bond donors (Lipinski definition) is 2. The van der Waals surface area contributed by atoms with Crippen molar-refractivity contribution in [1.82, 2.24) is 5.32 Å². The third-order valence-corrected chi connectivity index (χ3v) is 3.32. The summed E-state index contributed by atoms with van der Waals surface area (Å²) in [5.41, 5.74) is 1.42. The van der Waals surface area contributed by atoms with Gasteiger partial charge in [0.25, 0.3) is 0 Å². The fraction of sp³-hybridized carbons (Fsp3) is 0.667. The maximum atomic E-state index is 11.5.